The van der Waals surface area contributed by atoms with Crippen LogP contribution in [-0.2, 0) is 9.59 Å². The molecule has 0 radical (unpaired) electrons. The van der Waals surface area contributed by atoms with Crippen molar-refractivity contribution in [3.8, 4) is 0 Å². The van der Waals surface area contributed by atoms with Gasteiger partial charge in [0.05, 0.1) is 11.4 Å². The van der Waals surface area contributed by atoms with E-state index in [1.807, 2.05) is 30.3 Å². The molecule has 0 atom stereocenters. The smallest absolute Gasteiger partial charge is 0.321 e. The Morgan fingerprint density at radius 3 is 2.50 bits per heavy atom. The number of hydrogen-bond donors (Lipinski definition) is 2. The van der Waals surface area contributed by atoms with Gasteiger partial charge in [0.1, 0.15) is 11.5 Å². The molecule has 0 saturated carbocycles. The number of aliphatic imine (C=N–C) groups is 1. The third kappa shape index (κ3) is 5.32. The average Bonchev–Trinajstić information content (AvgIpc) is 3.03. The molecule has 4 amide bonds. The number of amidine groups is 1. The van der Waals surface area contributed by atoms with Crippen LogP contribution in [0.25, 0.3) is 6.08 Å². The maximum Gasteiger partial charge on any atom is 0.321 e. The fourth-order valence-corrected chi connectivity index (χ4v) is 3.43. The molecule has 2 N–H and O–H groups in total. The number of anilines is 1. The number of hydrogen-bond acceptors (Lipinski definition) is 5. The first kappa shape index (κ1) is 21.3. The summed E-state index contributed by atoms with van der Waals surface area (Å²) in [4.78, 5) is 42.2. The lowest BCUT2D eigenvalue weighted by atomic mass is 10.2. The van der Waals surface area contributed by atoms with Crippen molar-refractivity contribution in [1.29, 1.82) is 0 Å². The summed E-state index contributed by atoms with van der Waals surface area (Å²) in [5.41, 5.74) is 1.41. The lowest BCUT2D eigenvalue weighted by molar-refractivity contribution is -0.117. The van der Waals surface area contributed by atoms with E-state index >= 15 is 0 Å². The van der Waals surface area contributed by atoms with Crippen LogP contribution in [0.15, 0.2) is 65.3 Å². The topological polar surface area (TPSA) is 90.9 Å². The van der Waals surface area contributed by atoms with Gasteiger partial charge in [-0.2, -0.15) is 0 Å². The maximum atomic E-state index is 13.3. The number of carbonyl (C=O) groups excluding carboxylic acids is 3. The summed E-state index contributed by atoms with van der Waals surface area (Å²) in [5, 5.41) is 4.93. The number of imide groups is 1. The third-order valence-corrected chi connectivity index (χ3v) is 4.88. The number of nitrogens with zero attached hydrogens (tertiary/aromatic N) is 2. The fraction of sp³-hybridized carbons (Fsp3) is 0.143. The normalized spacial score (nSPS) is 14.6. The highest BCUT2D eigenvalue weighted by Gasteiger charge is 2.32. The minimum Gasteiger partial charge on any atom is -0.338 e. The molecule has 7 nitrogen and oxygen atoms in total. The minimum atomic E-state index is -0.590. The van der Waals surface area contributed by atoms with Gasteiger partial charge in [-0.15, -0.1) is 0 Å². The summed E-state index contributed by atoms with van der Waals surface area (Å²) >= 11 is 1.01. The van der Waals surface area contributed by atoms with Crippen molar-refractivity contribution in [2.24, 2.45) is 4.99 Å². The van der Waals surface area contributed by atoms with Gasteiger partial charge in [0, 0.05) is 6.54 Å². The minimum absolute atomic E-state index is 0.125. The molecule has 0 spiro atoms. The second-order valence-corrected chi connectivity index (χ2v) is 7.09. The van der Waals surface area contributed by atoms with E-state index in [0.717, 1.165) is 17.3 Å². The first-order valence-electron chi connectivity index (χ1n) is 9.14. The molecule has 2 aromatic carbocycles. The molecule has 0 fully saturated rings. The largest absolute Gasteiger partial charge is 0.338 e. The Balaban J connectivity index is 1.83. The van der Waals surface area contributed by atoms with Crippen LogP contribution in [0, 0.1) is 5.82 Å². The van der Waals surface area contributed by atoms with Gasteiger partial charge >= 0.3 is 6.03 Å². The predicted molar refractivity (Wildman–Crippen MR) is 115 cm³/mol. The number of thioether (sulfide) groups is 1. The highest BCUT2D eigenvalue weighted by molar-refractivity contribution is 8.14. The maximum absolute atomic E-state index is 13.3. The zero-order valence-corrected chi connectivity index (χ0v) is 16.9. The second-order valence-electron chi connectivity index (χ2n) is 6.15. The van der Waals surface area contributed by atoms with Gasteiger partial charge in [-0.3, -0.25) is 19.8 Å². The molecule has 1 heterocycles. The molecule has 30 heavy (non-hydrogen) atoms. The summed E-state index contributed by atoms with van der Waals surface area (Å²) < 4.78 is 13.3. The summed E-state index contributed by atoms with van der Waals surface area (Å²) in [5.74, 6) is -1.48. The van der Waals surface area contributed by atoms with Gasteiger partial charge < -0.3 is 5.32 Å². The highest BCUT2D eigenvalue weighted by Crippen LogP contribution is 2.29. The van der Waals surface area contributed by atoms with Gasteiger partial charge in [-0.25, -0.2) is 14.2 Å². The van der Waals surface area contributed by atoms with Crippen LogP contribution < -0.4 is 15.5 Å². The lowest BCUT2D eigenvalue weighted by Crippen LogP contribution is -2.40. The molecule has 0 aliphatic carbocycles. The molecular formula is C21H19FN4O3S. The Morgan fingerprint density at radius 2 is 1.83 bits per heavy atom. The van der Waals surface area contributed by atoms with Crippen molar-refractivity contribution in [3.05, 3.63) is 71.7 Å². The number of benzene rings is 2. The van der Waals surface area contributed by atoms with Gasteiger partial charge in [-0.1, -0.05) is 42.1 Å². The van der Waals surface area contributed by atoms with Crippen molar-refractivity contribution in [1.82, 2.24) is 10.6 Å². The molecule has 0 bridgehead atoms. The van der Waals surface area contributed by atoms with Gasteiger partial charge in [-0.05, 0) is 42.8 Å². The van der Waals surface area contributed by atoms with E-state index in [2.05, 4.69) is 15.6 Å². The molecule has 9 heteroatoms. The number of rotatable bonds is 5. The first-order valence-corrected chi connectivity index (χ1v) is 10.1. The molecule has 1 aliphatic heterocycles. The number of halogens is 1. The van der Waals surface area contributed by atoms with Crippen LogP contribution in [0.1, 0.15) is 12.5 Å². The Hall–Kier alpha value is -3.46. The summed E-state index contributed by atoms with van der Waals surface area (Å²) in [6, 6.07) is 14.0. The van der Waals surface area contributed by atoms with Crippen LogP contribution in [0.5, 0.6) is 0 Å². The summed E-state index contributed by atoms with van der Waals surface area (Å²) in [6.07, 6.45) is 1.64. The van der Waals surface area contributed by atoms with E-state index in [-0.39, 0.29) is 16.6 Å². The average molecular weight is 426 g/mol. The number of carbonyl (C=O) groups is 3. The predicted octanol–water partition coefficient (Wildman–Crippen LogP) is 3.15. The van der Waals surface area contributed by atoms with Crippen molar-refractivity contribution >= 4 is 46.5 Å². The van der Waals surface area contributed by atoms with Crippen molar-refractivity contribution in [2.45, 2.75) is 6.92 Å². The Morgan fingerprint density at radius 1 is 1.13 bits per heavy atom. The molecule has 3 rings (SSSR count). The van der Waals surface area contributed by atoms with Crippen LogP contribution in [0.2, 0.25) is 0 Å². The Bertz CT molecular complexity index is 1010. The SMILES string of the molecule is CCNC(=O)NC(=O)CSC1=N/C(=C\c2ccccc2)C(=O)N1c1ccc(F)cc1. The molecule has 0 unspecified atom stereocenters. The molecule has 0 saturated heterocycles. The van der Waals surface area contributed by atoms with Crippen molar-refractivity contribution in [2.75, 3.05) is 17.2 Å². The quantitative estimate of drug-likeness (QED) is 0.719. The van der Waals surface area contributed by atoms with Crippen LogP contribution >= 0.6 is 11.8 Å². The van der Waals surface area contributed by atoms with E-state index in [9.17, 15) is 18.8 Å². The second kappa shape index (κ2) is 9.84. The van der Waals surface area contributed by atoms with E-state index < -0.39 is 23.7 Å². The summed E-state index contributed by atoms with van der Waals surface area (Å²) in [6.45, 7) is 2.12. The molecule has 0 aromatic heterocycles. The van der Waals surface area contributed by atoms with E-state index in [0.29, 0.717) is 12.2 Å². The van der Waals surface area contributed by atoms with Gasteiger partial charge in [0.25, 0.3) is 5.91 Å². The highest BCUT2D eigenvalue weighted by atomic mass is 32.2. The molecular weight excluding hydrogens is 407 g/mol. The van der Waals surface area contributed by atoms with E-state index in [4.69, 9.17) is 0 Å². The standard InChI is InChI=1S/C21H19FN4O3S/c1-2-23-20(29)25-18(27)13-30-21-24-17(12-14-6-4-3-5-7-14)19(28)26(21)16-10-8-15(22)9-11-16/h3-12H,2,13H2,1H3,(H2,23,25,27,29)/b17-12-. The molecule has 154 valence electrons. The lowest BCUT2D eigenvalue weighted by Gasteiger charge is -2.17. The monoisotopic (exact) mass is 426 g/mol. The number of urea groups is 1. The van der Waals surface area contributed by atoms with Crippen molar-refractivity contribution < 1.29 is 18.8 Å². The van der Waals surface area contributed by atoms with Crippen molar-refractivity contribution in [3.63, 3.8) is 0 Å². The van der Waals surface area contributed by atoms with Crippen LogP contribution in [0.3, 0.4) is 0 Å². The Kier molecular flexibility index (Phi) is 6.97. The first-order chi connectivity index (χ1) is 14.5. The number of nitrogens with one attached hydrogen (secondary N) is 2. The zero-order chi connectivity index (χ0) is 21.5. The molecule has 1 aliphatic rings. The van der Waals surface area contributed by atoms with E-state index in [1.165, 1.54) is 29.2 Å². The third-order valence-electron chi connectivity index (χ3n) is 3.94. The zero-order valence-electron chi connectivity index (χ0n) is 16.1. The van der Waals surface area contributed by atoms with Crippen LogP contribution in [0.4, 0.5) is 14.9 Å². The van der Waals surface area contributed by atoms with Crippen LogP contribution in [-0.4, -0.2) is 35.3 Å². The van der Waals surface area contributed by atoms with Gasteiger partial charge in [0.2, 0.25) is 5.91 Å². The Labute approximate surface area is 177 Å². The summed E-state index contributed by atoms with van der Waals surface area (Å²) in [7, 11) is 0. The molecule has 2 aromatic rings. The van der Waals surface area contributed by atoms with Gasteiger partial charge in [0.15, 0.2) is 5.17 Å². The van der Waals surface area contributed by atoms with E-state index in [1.54, 1.807) is 13.0 Å². The fourth-order valence-electron chi connectivity index (χ4n) is 2.62. The number of amides is 4.